The van der Waals surface area contributed by atoms with Crippen LogP contribution in [-0.2, 0) is 27.3 Å². The lowest BCUT2D eigenvalue weighted by molar-refractivity contribution is -0.140. The first kappa shape index (κ1) is 12.6. The Morgan fingerprint density at radius 3 is 2.83 bits per heavy atom. The van der Waals surface area contributed by atoms with Crippen molar-refractivity contribution in [3.05, 3.63) is 35.5 Å². The Bertz CT molecular complexity index is 545. The number of H-pyrrole nitrogens is 1. The summed E-state index contributed by atoms with van der Waals surface area (Å²) in [6, 6.07) is 8.09. The number of hydrogen-bond donors (Lipinski definition) is 1. The smallest absolute Gasteiger partial charge is 0.302 e. The summed E-state index contributed by atoms with van der Waals surface area (Å²) in [6.45, 7) is 2.35. The molecule has 0 radical (unpaired) electrons. The molecule has 1 N–H and O–H groups in total. The van der Waals surface area contributed by atoms with Gasteiger partial charge < -0.3 is 14.5 Å². The zero-order chi connectivity index (χ0) is 13.0. The van der Waals surface area contributed by atoms with Crippen LogP contribution in [0, 0.1) is 0 Å². The SMILES string of the molecule is COCc1[nH]c2ccccc2c1CCOC(C)=O. The van der Waals surface area contributed by atoms with Gasteiger partial charge in [-0.3, -0.25) is 4.79 Å². The number of rotatable bonds is 5. The average Bonchev–Trinajstić information content (AvgIpc) is 2.68. The van der Waals surface area contributed by atoms with Crippen molar-refractivity contribution in [2.24, 2.45) is 0 Å². The number of hydrogen-bond acceptors (Lipinski definition) is 3. The molecule has 2 aromatic rings. The van der Waals surface area contributed by atoms with Crippen molar-refractivity contribution in [1.29, 1.82) is 0 Å². The van der Waals surface area contributed by atoms with Gasteiger partial charge in [0.25, 0.3) is 0 Å². The molecule has 18 heavy (non-hydrogen) atoms. The molecule has 0 aliphatic heterocycles. The van der Waals surface area contributed by atoms with E-state index in [0.29, 0.717) is 19.6 Å². The van der Waals surface area contributed by atoms with E-state index in [9.17, 15) is 4.79 Å². The molecule has 1 aromatic heterocycles. The van der Waals surface area contributed by atoms with Crippen molar-refractivity contribution < 1.29 is 14.3 Å². The molecule has 0 fully saturated rings. The summed E-state index contributed by atoms with van der Waals surface area (Å²) in [5, 5.41) is 1.16. The van der Waals surface area contributed by atoms with Gasteiger partial charge in [0.2, 0.25) is 0 Å². The Kier molecular flexibility index (Phi) is 3.99. The van der Waals surface area contributed by atoms with Gasteiger partial charge in [-0.15, -0.1) is 0 Å². The van der Waals surface area contributed by atoms with E-state index in [1.54, 1.807) is 7.11 Å². The largest absolute Gasteiger partial charge is 0.466 e. The number of fused-ring (bicyclic) bond motifs is 1. The molecule has 96 valence electrons. The van der Waals surface area contributed by atoms with Crippen LogP contribution < -0.4 is 0 Å². The molecule has 0 saturated carbocycles. The quantitative estimate of drug-likeness (QED) is 0.825. The molecular formula is C14H17NO3. The van der Waals surface area contributed by atoms with E-state index in [1.165, 1.54) is 6.92 Å². The topological polar surface area (TPSA) is 51.3 Å². The first-order chi connectivity index (χ1) is 8.72. The van der Waals surface area contributed by atoms with Crippen LogP contribution in [0.2, 0.25) is 0 Å². The van der Waals surface area contributed by atoms with Crippen LogP contribution in [0.3, 0.4) is 0 Å². The zero-order valence-electron chi connectivity index (χ0n) is 10.7. The van der Waals surface area contributed by atoms with Gasteiger partial charge in [-0.05, 0) is 11.6 Å². The molecule has 4 nitrogen and oxygen atoms in total. The highest BCUT2D eigenvalue weighted by Gasteiger charge is 2.11. The van der Waals surface area contributed by atoms with E-state index in [0.717, 1.165) is 22.2 Å². The van der Waals surface area contributed by atoms with Crippen LogP contribution in [0.5, 0.6) is 0 Å². The number of para-hydroxylation sites is 1. The monoisotopic (exact) mass is 247 g/mol. The fourth-order valence-corrected chi connectivity index (χ4v) is 2.11. The molecule has 0 bridgehead atoms. The molecule has 1 heterocycles. The van der Waals surface area contributed by atoms with Crippen LogP contribution in [0.15, 0.2) is 24.3 Å². The molecule has 1 aromatic carbocycles. The number of esters is 1. The maximum Gasteiger partial charge on any atom is 0.302 e. The Morgan fingerprint density at radius 1 is 1.33 bits per heavy atom. The zero-order valence-corrected chi connectivity index (χ0v) is 10.7. The maximum atomic E-state index is 10.8. The molecule has 0 amide bonds. The molecule has 0 saturated heterocycles. The Hall–Kier alpha value is -1.81. The van der Waals surface area contributed by atoms with Crippen LogP contribution in [-0.4, -0.2) is 24.7 Å². The van der Waals surface area contributed by atoms with Gasteiger partial charge in [0, 0.05) is 37.1 Å². The van der Waals surface area contributed by atoms with Crippen molar-refractivity contribution >= 4 is 16.9 Å². The summed E-state index contributed by atoms with van der Waals surface area (Å²) in [5.74, 6) is -0.247. The lowest BCUT2D eigenvalue weighted by atomic mass is 10.1. The predicted molar refractivity (Wildman–Crippen MR) is 69.3 cm³/mol. The van der Waals surface area contributed by atoms with E-state index in [1.807, 2.05) is 18.2 Å². The van der Waals surface area contributed by atoms with Gasteiger partial charge in [-0.1, -0.05) is 18.2 Å². The second kappa shape index (κ2) is 5.69. The summed E-state index contributed by atoms with van der Waals surface area (Å²) in [5.41, 5.74) is 3.29. The van der Waals surface area contributed by atoms with E-state index >= 15 is 0 Å². The van der Waals surface area contributed by atoms with Gasteiger partial charge in [-0.25, -0.2) is 0 Å². The van der Waals surface area contributed by atoms with Crippen LogP contribution >= 0.6 is 0 Å². The van der Waals surface area contributed by atoms with E-state index in [4.69, 9.17) is 9.47 Å². The number of aromatic amines is 1. The number of benzene rings is 1. The van der Waals surface area contributed by atoms with E-state index in [-0.39, 0.29) is 5.97 Å². The fraction of sp³-hybridized carbons (Fsp3) is 0.357. The fourth-order valence-electron chi connectivity index (χ4n) is 2.11. The van der Waals surface area contributed by atoms with Gasteiger partial charge >= 0.3 is 5.97 Å². The van der Waals surface area contributed by atoms with Gasteiger partial charge in [0.1, 0.15) is 0 Å². The molecule has 0 spiro atoms. The third kappa shape index (κ3) is 2.71. The van der Waals surface area contributed by atoms with Crippen molar-refractivity contribution in [3.63, 3.8) is 0 Å². The first-order valence-electron chi connectivity index (χ1n) is 5.93. The lowest BCUT2D eigenvalue weighted by Gasteiger charge is -2.04. The highest BCUT2D eigenvalue weighted by atomic mass is 16.5. The molecule has 0 unspecified atom stereocenters. The molecule has 4 heteroatoms. The maximum absolute atomic E-state index is 10.8. The minimum atomic E-state index is -0.247. The summed E-state index contributed by atoms with van der Waals surface area (Å²) in [4.78, 5) is 14.1. The Balaban J connectivity index is 2.26. The summed E-state index contributed by atoms with van der Waals surface area (Å²) in [6.07, 6.45) is 0.697. The summed E-state index contributed by atoms with van der Waals surface area (Å²) >= 11 is 0. The average molecular weight is 247 g/mol. The second-order valence-corrected chi connectivity index (χ2v) is 4.15. The molecule has 0 aliphatic carbocycles. The Labute approximate surface area is 106 Å². The van der Waals surface area contributed by atoms with Crippen molar-refractivity contribution in [3.8, 4) is 0 Å². The van der Waals surface area contributed by atoms with Gasteiger partial charge in [0.05, 0.1) is 13.2 Å². The normalized spacial score (nSPS) is 10.8. The standard InChI is InChI=1S/C14H17NO3/c1-10(16)18-8-7-12-11-5-3-4-6-13(11)15-14(12)9-17-2/h3-6,15H,7-9H2,1-2H3. The predicted octanol–water partition coefficient (Wildman–Crippen LogP) is 2.42. The van der Waals surface area contributed by atoms with Crippen molar-refractivity contribution in [2.75, 3.05) is 13.7 Å². The first-order valence-corrected chi connectivity index (χ1v) is 5.93. The summed E-state index contributed by atoms with van der Waals surface area (Å²) < 4.78 is 10.2. The van der Waals surface area contributed by atoms with Gasteiger partial charge in [-0.2, -0.15) is 0 Å². The third-order valence-corrected chi connectivity index (χ3v) is 2.85. The van der Waals surface area contributed by atoms with E-state index < -0.39 is 0 Å². The highest BCUT2D eigenvalue weighted by Crippen LogP contribution is 2.23. The van der Waals surface area contributed by atoms with E-state index in [2.05, 4.69) is 11.1 Å². The number of aromatic nitrogens is 1. The number of methoxy groups -OCH3 is 1. The Morgan fingerprint density at radius 2 is 2.11 bits per heavy atom. The molecular weight excluding hydrogens is 230 g/mol. The minimum absolute atomic E-state index is 0.247. The number of carbonyl (C=O) groups is 1. The molecule has 0 atom stereocenters. The van der Waals surface area contributed by atoms with Crippen LogP contribution in [0.25, 0.3) is 10.9 Å². The van der Waals surface area contributed by atoms with Crippen molar-refractivity contribution in [1.82, 2.24) is 4.98 Å². The van der Waals surface area contributed by atoms with Crippen LogP contribution in [0.4, 0.5) is 0 Å². The minimum Gasteiger partial charge on any atom is -0.466 e. The second-order valence-electron chi connectivity index (χ2n) is 4.15. The highest BCUT2D eigenvalue weighted by molar-refractivity contribution is 5.84. The molecule has 0 aliphatic rings. The number of ether oxygens (including phenoxy) is 2. The van der Waals surface area contributed by atoms with Gasteiger partial charge in [0.15, 0.2) is 0 Å². The number of carbonyl (C=O) groups excluding carboxylic acids is 1. The van der Waals surface area contributed by atoms with Crippen LogP contribution in [0.1, 0.15) is 18.2 Å². The third-order valence-electron chi connectivity index (χ3n) is 2.85. The lowest BCUT2D eigenvalue weighted by Crippen LogP contribution is -2.05. The van der Waals surface area contributed by atoms with Crippen molar-refractivity contribution in [2.45, 2.75) is 20.0 Å². The number of nitrogens with one attached hydrogen (secondary N) is 1. The summed E-state index contributed by atoms with van der Waals surface area (Å²) in [7, 11) is 1.67. The molecule has 2 rings (SSSR count).